The smallest absolute Gasteiger partial charge is 0.416 e. The van der Waals surface area contributed by atoms with Gasteiger partial charge in [0.2, 0.25) is 0 Å². The molecule has 0 bridgehead atoms. The highest BCUT2D eigenvalue weighted by Gasteiger charge is 2.47. The van der Waals surface area contributed by atoms with Gasteiger partial charge in [0.05, 0.1) is 11.3 Å². The van der Waals surface area contributed by atoms with E-state index in [9.17, 15) is 22.8 Å². The predicted octanol–water partition coefficient (Wildman–Crippen LogP) is 3.74. The zero-order valence-electron chi connectivity index (χ0n) is 13.9. The standard InChI is InChI=1S/C18H15F3N2O3/c1-10-6-7-14-13(8-10)23-16(25)17(2,26-14)15(24)22-12-5-3-4-11(9-12)18(19,20)21/h3-9H,1-2H3,(H,22,24)(H,23,25). The fourth-order valence-electron chi connectivity index (χ4n) is 2.51. The predicted molar refractivity (Wildman–Crippen MR) is 88.9 cm³/mol. The SMILES string of the molecule is Cc1ccc2c(c1)NC(=O)C(C)(C(=O)Nc1cccc(C(F)(F)F)c1)O2. The molecule has 5 nitrogen and oxygen atoms in total. The summed E-state index contributed by atoms with van der Waals surface area (Å²) in [5.41, 5.74) is -1.59. The largest absolute Gasteiger partial charge is 0.466 e. The van der Waals surface area contributed by atoms with Crippen LogP contribution in [-0.2, 0) is 15.8 Å². The van der Waals surface area contributed by atoms with Crippen LogP contribution in [-0.4, -0.2) is 17.4 Å². The number of amides is 2. The fourth-order valence-corrected chi connectivity index (χ4v) is 2.51. The van der Waals surface area contributed by atoms with Gasteiger partial charge in [0.25, 0.3) is 17.4 Å². The molecule has 1 unspecified atom stereocenters. The Morgan fingerprint density at radius 3 is 2.62 bits per heavy atom. The van der Waals surface area contributed by atoms with Crippen molar-refractivity contribution < 1.29 is 27.5 Å². The van der Waals surface area contributed by atoms with Crippen molar-refractivity contribution in [3.8, 4) is 5.75 Å². The highest BCUT2D eigenvalue weighted by Crippen LogP contribution is 2.35. The third kappa shape index (κ3) is 3.22. The molecule has 8 heteroatoms. The van der Waals surface area contributed by atoms with Crippen LogP contribution in [0.25, 0.3) is 0 Å². The summed E-state index contributed by atoms with van der Waals surface area (Å²) in [7, 11) is 0. The summed E-state index contributed by atoms with van der Waals surface area (Å²) in [6.07, 6.45) is -4.54. The normalized spacial score (nSPS) is 19.2. The van der Waals surface area contributed by atoms with Gasteiger partial charge >= 0.3 is 6.18 Å². The summed E-state index contributed by atoms with van der Waals surface area (Å²) >= 11 is 0. The Bertz CT molecular complexity index is 895. The third-order valence-electron chi connectivity index (χ3n) is 4.01. The number of hydrogen-bond acceptors (Lipinski definition) is 3. The molecule has 0 saturated heterocycles. The molecule has 2 aromatic rings. The Balaban J connectivity index is 1.85. The maximum absolute atomic E-state index is 12.8. The Hall–Kier alpha value is -3.03. The summed E-state index contributed by atoms with van der Waals surface area (Å²) in [6, 6.07) is 9.20. The molecule has 0 saturated carbocycles. The number of aryl methyl sites for hydroxylation is 1. The van der Waals surface area contributed by atoms with Crippen molar-refractivity contribution in [2.75, 3.05) is 10.6 Å². The van der Waals surface area contributed by atoms with Crippen LogP contribution in [0.1, 0.15) is 18.1 Å². The van der Waals surface area contributed by atoms with Crippen LogP contribution in [0, 0.1) is 6.92 Å². The summed E-state index contributed by atoms with van der Waals surface area (Å²) in [5.74, 6) is -1.28. The average molecular weight is 364 g/mol. The Labute approximate surface area is 147 Å². The number of anilines is 2. The summed E-state index contributed by atoms with van der Waals surface area (Å²) in [5, 5.41) is 4.90. The maximum Gasteiger partial charge on any atom is 0.416 e. The van der Waals surface area contributed by atoms with E-state index in [0.29, 0.717) is 11.4 Å². The Morgan fingerprint density at radius 1 is 1.19 bits per heavy atom. The van der Waals surface area contributed by atoms with Crippen LogP contribution in [0.3, 0.4) is 0 Å². The minimum Gasteiger partial charge on any atom is -0.466 e. The second-order valence-electron chi connectivity index (χ2n) is 6.12. The number of carbonyl (C=O) groups excluding carboxylic acids is 2. The molecule has 136 valence electrons. The Morgan fingerprint density at radius 2 is 1.92 bits per heavy atom. The van der Waals surface area contributed by atoms with Crippen LogP contribution in [0.15, 0.2) is 42.5 Å². The summed E-state index contributed by atoms with van der Waals surface area (Å²) in [6.45, 7) is 3.09. The van der Waals surface area contributed by atoms with Gasteiger partial charge in [-0.1, -0.05) is 12.1 Å². The van der Waals surface area contributed by atoms with Crippen LogP contribution in [0.5, 0.6) is 5.75 Å². The molecule has 0 fully saturated rings. The van der Waals surface area contributed by atoms with Crippen molar-refractivity contribution in [1.29, 1.82) is 0 Å². The number of fused-ring (bicyclic) bond motifs is 1. The van der Waals surface area contributed by atoms with Gasteiger partial charge in [-0.2, -0.15) is 13.2 Å². The van der Waals surface area contributed by atoms with E-state index in [2.05, 4.69) is 10.6 Å². The molecule has 1 aliphatic rings. The first kappa shape index (κ1) is 17.8. The number of halogens is 3. The number of hydrogen-bond donors (Lipinski definition) is 2. The number of benzene rings is 2. The van der Waals surface area contributed by atoms with Crippen LogP contribution in [0.2, 0.25) is 0 Å². The molecule has 26 heavy (non-hydrogen) atoms. The second kappa shape index (κ2) is 6.05. The van der Waals surface area contributed by atoms with Gasteiger partial charge in [0.15, 0.2) is 0 Å². The number of rotatable bonds is 2. The van der Waals surface area contributed by atoms with Crippen LogP contribution in [0.4, 0.5) is 24.5 Å². The number of ether oxygens (including phenoxy) is 1. The van der Waals surface area contributed by atoms with E-state index in [1.165, 1.54) is 19.1 Å². The number of nitrogens with one attached hydrogen (secondary N) is 2. The molecule has 3 rings (SSSR count). The first-order chi connectivity index (χ1) is 12.1. The lowest BCUT2D eigenvalue weighted by Gasteiger charge is -2.33. The van der Waals surface area contributed by atoms with Gasteiger partial charge in [-0.15, -0.1) is 0 Å². The lowest BCUT2D eigenvalue weighted by Crippen LogP contribution is -2.56. The van der Waals surface area contributed by atoms with E-state index in [4.69, 9.17) is 4.74 Å². The highest BCUT2D eigenvalue weighted by molar-refractivity contribution is 6.19. The topological polar surface area (TPSA) is 67.4 Å². The number of carbonyl (C=O) groups is 2. The summed E-state index contributed by atoms with van der Waals surface area (Å²) in [4.78, 5) is 24.9. The quantitative estimate of drug-likeness (QED) is 0.798. The van der Waals surface area contributed by atoms with Crippen molar-refractivity contribution >= 4 is 23.2 Å². The van der Waals surface area contributed by atoms with Crippen molar-refractivity contribution in [2.24, 2.45) is 0 Å². The number of alkyl halides is 3. The zero-order valence-corrected chi connectivity index (χ0v) is 13.9. The van der Waals surface area contributed by atoms with Crippen molar-refractivity contribution in [2.45, 2.75) is 25.6 Å². The molecule has 2 aromatic carbocycles. The third-order valence-corrected chi connectivity index (χ3v) is 4.01. The molecular formula is C18H15F3N2O3. The summed E-state index contributed by atoms with van der Waals surface area (Å²) < 4.78 is 44.0. The lowest BCUT2D eigenvalue weighted by molar-refractivity contribution is -0.143. The van der Waals surface area contributed by atoms with Crippen LogP contribution < -0.4 is 15.4 Å². The molecule has 0 radical (unpaired) electrons. The van der Waals surface area contributed by atoms with Gasteiger partial charge in [-0.05, 0) is 49.7 Å². The van der Waals surface area contributed by atoms with E-state index in [-0.39, 0.29) is 5.69 Å². The second-order valence-corrected chi connectivity index (χ2v) is 6.12. The van der Waals surface area contributed by atoms with Gasteiger partial charge in [0.1, 0.15) is 5.75 Å². The first-order valence-corrected chi connectivity index (χ1v) is 7.69. The Kier molecular flexibility index (Phi) is 4.14. The average Bonchev–Trinajstić information content (AvgIpc) is 2.56. The maximum atomic E-state index is 12.8. The van der Waals surface area contributed by atoms with Crippen LogP contribution >= 0.6 is 0 Å². The minimum atomic E-state index is -4.54. The molecule has 2 amide bonds. The molecule has 0 aliphatic carbocycles. The lowest BCUT2D eigenvalue weighted by atomic mass is 10.0. The minimum absolute atomic E-state index is 0.0860. The molecule has 1 aliphatic heterocycles. The van der Waals surface area contributed by atoms with Crippen molar-refractivity contribution in [3.63, 3.8) is 0 Å². The molecule has 0 spiro atoms. The molecular weight excluding hydrogens is 349 g/mol. The van der Waals surface area contributed by atoms with E-state index in [1.54, 1.807) is 18.2 Å². The van der Waals surface area contributed by atoms with Gasteiger partial charge in [-0.3, -0.25) is 9.59 Å². The first-order valence-electron chi connectivity index (χ1n) is 7.69. The molecule has 2 N–H and O–H groups in total. The van der Waals surface area contributed by atoms with E-state index >= 15 is 0 Å². The van der Waals surface area contributed by atoms with Gasteiger partial charge in [0, 0.05) is 5.69 Å². The fraction of sp³-hybridized carbons (Fsp3) is 0.222. The van der Waals surface area contributed by atoms with Gasteiger partial charge in [-0.25, -0.2) is 0 Å². The molecule has 1 heterocycles. The highest BCUT2D eigenvalue weighted by atomic mass is 19.4. The van der Waals surface area contributed by atoms with Gasteiger partial charge < -0.3 is 15.4 Å². The van der Waals surface area contributed by atoms with Crippen molar-refractivity contribution in [1.82, 2.24) is 0 Å². The van der Waals surface area contributed by atoms with E-state index in [1.807, 2.05) is 6.92 Å². The monoisotopic (exact) mass is 364 g/mol. The zero-order chi connectivity index (χ0) is 19.1. The molecule has 0 aromatic heterocycles. The van der Waals surface area contributed by atoms with E-state index in [0.717, 1.165) is 17.7 Å². The van der Waals surface area contributed by atoms with E-state index < -0.39 is 29.2 Å². The van der Waals surface area contributed by atoms with Crippen molar-refractivity contribution in [3.05, 3.63) is 53.6 Å². The molecule has 1 atom stereocenters.